The lowest BCUT2D eigenvalue weighted by molar-refractivity contribution is -0.158. The van der Waals surface area contributed by atoms with Gasteiger partial charge in [0.1, 0.15) is 17.7 Å². The Labute approximate surface area is 206 Å². The van der Waals surface area contributed by atoms with Crippen LogP contribution < -0.4 is 0 Å². The fourth-order valence-corrected chi connectivity index (χ4v) is 8.05. The molecule has 0 radical (unpaired) electrons. The molecule has 0 bridgehead atoms. The third-order valence-electron chi connectivity index (χ3n) is 10.2. The summed E-state index contributed by atoms with van der Waals surface area (Å²) in [5.41, 5.74) is -0.545. The van der Waals surface area contributed by atoms with E-state index in [1.807, 2.05) is 0 Å². The van der Waals surface area contributed by atoms with Gasteiger partial charge >= 0.3 is 5.97 Å². The van der Waals surface area contributed by atoms with Crippen molar-refractivity contribution < 1.29 is 24.2 Å². The number of aliphatic hydroxyl groups excluding tert-OH is 1. The summed E-state index contributed by atoms with van der Waals surface area (Å²) in [4.78, 5) is 38.5. The van der Waals surface area contributed by atoms with Crippen molar-refractivity contribution in [3.8, 4) is 0 Å². The Morgan fingerprint density at radius 3 is 2.41 bits per heavy atom. The second-order valence-electron chi connectivity index (χ2n) is 12.6. The van der Waals surface area contributed by atoms with Crippen molar-refractivity contribution >= 4 is 17.5 Å². The Morgan fingerprint density at radius 1 is 1.09 bits per heavy atom. The molecule has 0 aromatic carbocycles. The minimum atomic E-state index is -0.351. The predicted octanol–water partition coefficient (Wildman–Crippen LogP) is 5.76. The molecule has 0 unspecified atom stereocenters. The Balaban J connectivity index is 1.77. The lowest BCUT2D eigenvalue weighted by Gasteiger charge is -2.51. The van der Waals surface area contributed by atoms with Crippen LogP contribution in [0, 0.1) is 46.3 Å². The topological polar surface area (TPSA) is 80.7 Å². The number of hydrogen-bond acceptors (Lipinski definition) is 5. The largest absolute Gasteiger partial charge is 0.463 e. The van der Waals surface area contributed by atoms with Crippen molar-refractivity contribution in [2.45, 2.75) is 112 Å². The summed E-state index contributed by atoms with van der Waals surface area (Å²) in [5, 5.41) is 10.0. The predicted molar refractivity (Wildman–Crippen MR) is 133 cm³/mol. The highest BCUT2D eigenvalue weighted by Crippen LogP contribution is 2.60. The number of carbonyl (C=O) groups is 3. The van der Waals surface area contributed by atoms with Gasteiger partial charge in [0.25, 0.3) is 0 Å². The summed E-state index contributed by atoms with van der Waals surface area (Å²) >= 11 is 0. The van der Waals surface area contributed by atoms with Crippen LogP contribution in [0.4, 0.5) is 0 Å². The Hall–Kier alpha value is -1.23. The summed E-state index contributed by atoms with van der Waals surface area (Å²) < 4.78 is 5.50. The summed E-state index contributed by atoms with van der Waals surface area (Å²) in [7, 11) is 0. The quantitative estimate of drug-likeness (QED) is 0.428. The molecule has 8 atom stereocenters. The number of ether oxygens (including phenoxy) is 1. The summed E-state index contributed by atoms with van der Waals surface area (Å²) in [6.07, 6.45) is 8.27. The molecule has 3 saturated carbocycles. The maximum atomic E-state index is 14.0. The zero-order chi connectivity index (χ0) is 25.3. The number of rotatable bonds is 9. The first-order chi connectivity index (χ1) is 15.9. The SMILES string of the molecule is CC(=O)O[C@H]1CC[C@]2(C)C(=O)[C@H]([C@@H]3CC[C@H]([C@H](C)C(=O)CCC(C)C)[C@@]3(C)CCO)CC[C@H]2C1. The van der Waals surface area contributed by atoms with Crippen molar-refractivity contribution in [1.29, 1.82) is 0 Å². The molecule has 3 aliphatic carbocycles. The van der Waals surface area contributed by atoms with Gasteiger partial charge in [0.05, 0.1) is 0 Å². The van der Waals surface area contributed by atoms with Crippen LogP contribution in [0.3, 0.4) is 0 Å². The van der Waals surface area contributed by atoms with E-state index in [0.29, 0.717) is 30.3 Å². The monoisotopic (exact) mass is 476 g/mol. The van der Waals surface area contributed by atoms with Crippen LogP contribution in [0.25, 0.3) is 0 Å². The van der Waals surface area contributed by atoms with Gasteiger partial charge in [-0.2, -0.15) is 0 Å². The zero-order valence-electron chi connectivity index (χ0n) is 22.4. The Bertz CT molecular complexity index is 760. The van der Waals surface area contributed by atoms with Gasteiger partial charge in [-0.05, 0) is 86.9 Å². The molecule has 1 N–H and O–H groups in total. The fraction of sp³-hybridized carbons (Fsp3) is 0.897. The molecule has 0 aromatic rings. The van der Waals surface area contributed by atoms with Crippen LogP contribution in [0.2, 0.25) is 0 Å². The molecular formula is C29H48O5. The van der Waals surface area contributed by atoms with Crippen LogP contribution >= 0.6 is 0 Å². The van der Waals surface area contributed by atoms with Crippen LogP contribution in [0.15, 0.2) is 0 Å². The van der Waals surface area contributed by atoms with Crippen LogP contribution in [0.5, 0.6) is 0 Å². The normalized spacial score (nSPS) is 39.1. The molecule has 0 heterocycles. The van der Waals surface area contributed by atoms with E-state index in [0.717, 1.165) is 51.4 Å². The van der Waals surface area contributed by atoms with Crippen LogP contribution in [-0.4, -0.2) is 35.4 Å². The average molecular weight is 477 g/mol. The second-order valence-corrected chi connectivity index (χ2v) is 12.6. The van der Waals surface area contributed by atoms with Crippen molar-refractivity contribution in [2.75, 3.05) is 6.61 Å². The first-order valence-corrected chi connectivity index (χ1v) is 13.8. The van der Waals surface area contributed by atoms with Crippen molar-refractivity contribution in [2.24, 2.45) is 46.3 Å². The number of Topliss-reactive ketones (excluding diaryl/α,β-unsaturated/α-hetero) is 2. The summed E-state index contributed by atoms with van der Waals surface area (Å²) in [6.45, 7) is 12.3. The molecule has 0 aliphatic heterocycles. The summed E-state index contributed by atoms with van der Waals surface area (Å²) in [5.74, 6) is 1.71. The standard InChI is InChI=1S/C29H48O5/c1-18(2)7-12-26(32)19(3)24-10-11-25(29(24,6)15-16-30)23-9-8-21-17-22(34-20(4)31)13-14-28(21,5)27(23)33/h18-19,21-25,30H,7-17H2,1-6H3/t19-,21-,22-,23-,24+,25-,28-,29+/m0/s1. The molecular weight excluding hydrogens is 428 g/mol. The van der Waals surface area contributed by atoms with E-state index in [2.05, 4.69) is 34.6 Å². The van der Waals surface area contributed by atoms with Gasteiger partial charge in [0, 0.05) is 37.2 Å². The van der Waals surface area contributed by atoms with Gasteiger partial charge in [-0.25, -0.2) is 0 Å². The second kappa shape index (κ2) is 10.8. The third kappa shape index (κ3) is 5.29. The number of fused-ring (bicyclic) bond motifs is 1. The van der Waals surface area contributed by atoms with Gasteiger partial charge in [-0.3, -0.25) is 14.4 Å². The minimum absolute atomic E-state index is 0.00559. The van der Waals surface area contributed by atoms with Gasteiger partial charge < -0.3 is 9.84 Å². The number of hydrogen-bond donors (Lipinski definition) is 1. The molecule has 0 saturated heterocycles. The number of ketones is 2. The van der Waals surface area contributed by atoms with E-state index in [9.17, 15) is 19.5 Å². The maximum absolute atomic E-state index is 14.0. The van der Waals surface area contributed by atoms with Crippen molar-refractivity contribution in [3.05, 3.63) is 0 Å². The van der Waals surface area contributed by atoms with Gasteiger partial charge in [-0.1, -0.05) is 34.6 Å². The third-order valence-corrected chi connectivity index (χ3v) is 10.2. The molecule has 5 heteroatoms. The number of esters is 1. The number of carbonyl (C=O) groups excluding carboxylic acids is 3. The molecule has 3 aliphatic rings. The van der Waals surface area contributed by atoms with Gasteiger partial charge in [0.2, 0.25) is 0 Å². The molecule has 3 rings (SSSR count). The van der Waals surface area contributed by atoms with Crippen molar-refractivity contribution in [3.63, 3.8) is 0 Å². The van der Waals surface area contributed by atoms with Gasteiger partial charge in [-0.15, -0.1) is 0 Å². The zero-order valence-corrected chi connectivity index (χ0v) is 22.4. The first-order valence-electron chi connectivity index (χ1n) is 13.8. The molecule has 34 heavy (non-hydrogen) atoms. The van der Waals surface area contributed by atoms with E-state index in [1.54, 1.807) is 0 Å². The van der Waals surface area contributed by atoms with E-state index < -0.39 is 0 Å². The molecule has 3 fully saturated rings. The minimum Gasteiger partial charge on any atom is -0.463 e. The molecule has 5 nitrogen and oxygen atoms in total. The smallest absolute Gasteiger partial charge is 0.302 e. The van der Waals surface area contributed by atoms with E-state index in [4.69, 9.17) is 4.74 Å². The molecule has 0 aromatic heterocycles. The highest BCUT2D eigenvalue weighted by Gasteiger charge is 2.58. The first kappa shape index (κ1) is 27.4. The average Bonchev–Trinajstić information content (AvgIpc) is 3.09. The maximum Gasteiger partial charge on any atom is 0.302 e. The lowest BCUT2D eigenvalue weighted by atomic mass is 9.52. The van der Waals surface area contributed by atoms with E-state index >= 15 is 0 Å². The van der Waals surface area contributed by atoms with Crippen LogP contribution in [0.1, 0.15) is 106 Å². The Kier molecular flexibility index (Phi) is 8.69. The van der Waals surface area contributed by atoms with Crippen LogP contribution in [-0.2, 0) is 19.1 Å². The highest BCUT2D eigenvalue weighted by atomic mass is 16.5. The fourth-order valence-electron chi connectivity index (χ4n) is 8.05. The Morgan fingerprint density at radius 2 is 1.79 bits per heavy atom. The summed E-state index contributed by atoms with van der Waals surface area (Å²) in [6, 6.07) is 0. The van der Waals surface area contributed by atoms with Gasteiger partial charge in [0.15, 0.2) is 0 Å². The molecule has 0 spiro atoms. The highest BCUT2D eigenvalue weighted by molar-refractivity contribution is 5.88. The lowest BCUT2D eigenvalue weighted by Crippen LogP contribution is -2.52. The number of aliphatic hydroxyl groups is 1. The molecule has 0 amide bonds. The molecule has 194 valence electrons. The van der Waals surface area contributed by atoms with E-state index in [1.165, 1.54) is 6.92 Å². The van der Waals surface area contributed by atoms with Crippen molar-refractivity contribution in [1.82, 2.24) is 0 Å². The van der Waals surface area contributed by atoms with E-state index in [-0.39, 0.29) is 59.1 Å².